The van der Waals surface area contributed by atoms with Crippen molar-refractivity contribution < 1.29 is 9.18 Å². The Hall–Kier alpha value is -2.24. The van der Waals surface area contributed by atoms with E-state index in [2.05, 4.69) is 10.2 Å². The number of benzene rings is 2. The smallest absolute Gasteiger partial charge is 0.224 e. The average Bonchev–Trinajstić information content (AvgIpc) is 2.67. The van der Waals surface area contributed by atoms with Gasteiger partial charge in [0.15, 0.2) is 0 Å². The Morgan fingerprint density at radius 1 is 1.23 bits per heavy atom. The number of carbonyl (C=O) groups is 1. The van der Waals surface area contributed by atoms with Crippen molar-refractivity contribution in [3.8, 4) is 0 Å². The van der Waals surface area contributed by atoms with Crippen LogP contribution in [-0.4, -0.2) is 30.4 Å². The average molecular weight is 355 g/mol. The minimum Gasteiger partial charge on any atom is -0.354 e. The van der Waals surface area contributed by atoms with E-state index in [-0.39, 0.29) is 23.7 Å². The Labute approximate surface area is 154 Å². The van der Waals surface area contributed by atoms with E-state index < -0.39 is 0 Å². The van der Waals surface area contributed by atoms with Crippen molar-refractivity contribution in [3.63, 3.8) is 0 Å². The quantitative estimate of drug-likeness (QED) is 0.838. The lowest BCUT2D eigenvalue weighted by atomic mass is 9.96. The Bertz CT molecular complexity index is 722. The fraction of sp³-hybridized carbons (Fsp3) is 0.381. The van der Waals surface area contributed by atoms with Gasteiger partial charge in [-0.3, -0.25) is 9.69 Å². The highest BCUT2D eigenvalue weighted by Gasteiger charge is 2.26. The lowest BCUT2D eigenvalue weighted by Gasteiger charge is -2.32. The molecule has 1 aliphatic heterocycles. The van der Waals surface area contributed by atoms with Gasteiger partial charge in [-0.05, 0) is 42.6 Å². The molecule has 2 unspecified atom stereocenters. The van der Waals surface area contributed by atoms with Gasteiger partial charge in [0.25, 0.3) is 0 Å². The monoisotopic (exact) mass is 355 g/mol. The van der Waals surface area contributed by atoms with Gasteiger partial charge in [-0.15, -0.1) is 0 Å². The van der Waals surface area contributed by atoms with Crippen LogP contribution in [0.25, 0.3) is 0 Å². The van der Waals surface area contributed by atoms with Gasteiger partial charge in [-0.2, -0.15) is 0 Å². The predicted molar refractivity (Wildman–Crippen MR) is 101 cm³/mol. The molecule has 4 nitrogen and oxygen atoms in total. The number of nitrogens with two attached hydrogens (primary N) is 1. The minimum atomic E-state index is -0.219. The van der Waals surface area contributed by atoms with E-state index in [1.165, 1.54) is 6.07 Å². The number of carbonyl (C=O) groups excluding carboxylic acids is 1. The molecule has 138 valence electrons. The van der Waals surface area contributed by atoms with E-state index in [0.717, 1.165) is 30.5 Å². The van der Waals surface area contributed by atoms with Gasteiger partial charge >= 0.3 is 0 Å². The highest BCUT2D eigenvalue weighted by molar-refractivity contribution is 5.79. The van der Waals surface area contributed by atoms with Crippen LogP contribution in [-0.2, 0) is 11.3 Å². The molecule has 2 aromatic carbocycles. The van der Waals surface area contributed by atoms with E-state index in [9.17, 15) is 9.18 Å². The molecule has 5 heteroatoms. The van der Waals surface area contributed by atoms with Gasteiger partial charge in [0, 0.05) is 25.7 Å². The van der Waals surface area contributed by atoms with E-state index in [0.29, 0.717) is 19.6 Å². The SMILES string of the molecule is NC(CNC(=O)C1CCCN(Cc2cccc(F)c2)C1)c1ccccc1. The Morgan fingerprint density at radius 2 is 2.04 bits per heavy atom. The topological polar surface area (TPSA) is 58.4 Å². The van der Waals surface area contributed by atoms with Gasteiger partial charge < -0.3 is 11.1 Å². The van der Waals surface area contributed by atoms with Crippen LogP contribution >= 0.6 is 0 Å². The van der Waals surface area contributed by atoms with Gasteiger partial charge in [-0.25, -0.2) is 4.39 Å². The maximum absolute atomic E-state index is 13.3. The van der Waals surface area contributed by atoms with Crippen LogP contribution in [0.1, 0.15) is 30.0 Å². The summed E-state index contributed by atoms with van der Waals surface area (Å²) in [5.41, 5.74) is 8.12. The van der Waals surface area contributed by atoms with Crippen LogP contribution in [0.15, 0.2) is 54.6 Å². The van der Waals surface area contributed by atoms with Crippen LogP contribution in [0.5, 0.6) is 0 Å². The van der Waals surface area contributed by atoms with Gasteiger partial charge in [0.05, 0.1) is 5.92 Å². The fourth-order valence-electron chi connectivity index (χ4n) is 3.48. The summed E-state index contributed by atoms with van der Waals surface area (Å²) in [5.74, 6) is -0.204. The summed E-state index contributed by atoms with van der Waals surface area (Å²) in [6, 6.07) is 16.2. The molecule has 26 heavy (non-hydrogen) atoms. The molecule has 2 atom stereocenters. The number of hydrogen-bond donors (Lipinski definition) is 2. The zero-order chi connectivity index (χ0) is 18.4. The van der Waals surface area contributed by atoms with Crippen molar-refractivity contribution >= 4 is 5.91 Å². The van der Waals surface area contributed by atoms with Crippen LogP contribution in [0, 0.1) is 11.7 Å². The number of hydrogen-bond acceptors (Lipinski definition) is 3. The second kappa shape index (κ2) is 8.92. The molecule has 1 aliphatic rings. The second-order valence-corrected chi connectivity index (χ2v) is 6.97. The molecule has 0 aromatic heterocycles. The first-order valence-electron chi connectivity index (χ1n) is 9.17. The standard InChI is InChI=1S/C21H26FN3O/c22-19-10-4-6-16(12-19)14-25-11-5-9-18(15-25)21(26)24-13-20(23)17-7-2-1-3-8-17/h1-4,6-8,10,12,18,20H,5,9,11,13-15,23H2,(H,24,26). The normalized spacial score (nSPS) is 19.1. The molecule has 1 heterocycles. The van der Waals surface area contributed by atoms with Gasteiger partial charge in [0.1, 0.15) is 5.82 Å². The first kappa shape index (κ1) is 18.5. The second-order valence-electron chi connectivity index (χ2n) is 6.97. The summed E-state index contributed by atoms with van der Waals surface area (Å²) in [6.45, 7) is 2.74. The zero-order valence-corrected chi connectivity index (χ0v) is 14.9. The Balaban J connectivity index is 1.50. The number of nitrogens with one attached hydrogen (secondary N) is 1. The number of nitrogens with zero attached hydrogens (tertiary/aromatic N) is 1. The van der Waals surface area contributed by atoms with Crippen molar-refractivity contribution in [2.45, 2.75) is 25.4 Å². The highest BCUT2D eigenvalue weighted by Crippen LogP contribution is 2.19. The third-order valence-electron chi connectivity index (χ3n) is 4.90. The van der Waals surface area contributed by atoms with Gasteiger partial charge in [0.2, 0.25) is 5.91 Å². The number of halogens is 1. The summed E-state index contributed by atoms with van der Waals surface area (Å²) >= 11 is 0. The van der Waals surface area contributed by atoms with E-state index in [4.69, 9.17) is 5.73 Å². The summed E-state index contributed by atoms with van der Waals surface area (Å²) in [7, 11) is 0. The number of likely N-dealkylation sites (tertiary alicyclic amines) is 1. The molecule has 1 amide bonds. The van der Waals surface area contributed by atoms with Crippen molar-refractivity contribution in [3.05, 3.63) is 71.5 Å². The number of rotatable bonds is 6. The Kier molecular flexibility index (Phi) is 6.36. The fourth-order valence-corrected chi connectivity index (χ4v) is 3.48. The van der Waals surface area contributed by atoms with Crippen LogP contribution < -0.4 is 11.1 Å². The maximum atomic E-state index is 13.3. The van der Waals surface area contributed by atoms with Crippen LogP contribution in [0.2, 0.25) is 0 Å². The van der Waals surface area contributed by atoms with Crippen LogP contribution in [0.3, 0.4) is 0 Å². The maximum Gasteiger partial charge on any atom is 0.224 e. The third kappa shape index (κ3) is 5.13. The number of piperidine rings is 1. The Morgan fingerprint density at radius 3 is 2.81 bits per heavy atom. The highest BCUT2D eigenvalue weighted by atomic mass is 19.1. The largest absolute Gasteiger partial charge is 0.354 e. The van der Waals surface area contributed by atoms with Crippen molar-refractivity contribution in [1.82, 2.24) is 10.2 Å². The number of amides is 1. The van der Waals surface area contributed by atoms with E-state index in [1.54, 1.807) is 12.1 Å². The lowest BCUT2D eigenvalue weighted by molar-refractivity contribution is -0.126. The first-order valence-corrected chi connectivity index (χ1v) is 9.17. The molecule has 0 saturated carbocycles. The molecule has 1 saturated heterocycles. The lowest BCUT2D eigenvalue weighted by Crippen LogP contribution is -2.44. The van der Waals surface area contributed by atoms with Crippen LogP contribution in [0.4, 0.5) is 4.39 Å². The molecule has 0 radical (unpaired) electrons. The molecule has 0 bridgehead atoms. The molecule has 0 aliphatic carbocycles. The molecule has 2 aromatic rings. The molecule has 3 rings (SSSR count). The zero-order valence-electron chi connectivity index (χ0n) is 14.9. The van der Waals surface area contributed by atoms with Crippen molar-refractivity contribution in [1.29, 1.82) is 0 Å². The molecular weight excluding hydrogens is 329 g/mol. The summed E-state index contributed by atoms with van der Waals surface area (Å²) in [5, 5.41) is 2.99. The van der Waals surface area contributed by atoms with Gasteiger partial charge in [-0.1, -0.05) is 42.5 Å². The van der Waals surface area contributed by atoms with E-state index >= 15 is 0 Å². The minimum absolute atomic E-state index is 0.0414. The summed E-state index contributed by atoms with van der Waals surface area (Å²) < 4.78 is 13.3. The predicted octanol–water partition coefficient (Wildman–Crippen LogP) is 2.85. The first-order chi connectivity index (χ1) is 12.6. The third-order valence-corrected chi connectivity index (χ3v) is 4.90. The van der Waals surface area contributed by atoms with Crippen molar-refractivity contribution in [2.75, 3.05) is 19.6 Å². The van der Waals surface area contributed by atoms with Crippen molar-refractivity contribution in [2.24, 2.45) is 11.7 Å². The summed E-state index contributed by atoms with van der Waals surface area (Å²) in [6.07, 6.45) is 1.85. The molecule has 0 spiro atoms. The van der Waals surface area contributed by atoms with E-state index in [1.807, 2.05) is 36.4 Å². The molecular formula is C21H26FN3O. The molecule has 3 N–H and O–H groups in total. The molecule has 1 fully saturated rings. The summed E-state index contributed by atoms with van der Waals surface area (Å²) in [4.78, 5) is 14.8.